The van der Waals surface area contributed by atoms with Crippen molar-refractivity contribution in [2.45, 2.75) is 32.5 Å². The lowest BCUT2D eigenvalue weighted by molar-refractivity contribution is 0.166. The fraction of sp³-hybridized carbons (Fsp3) is 0.500. The average molecular weight is 194 g/mol. The maximum absolute atomic E-state index is 9.71. The van der Waals surface area contributed by atoms with Crippen LogP contribution in [0.15, 0.2) is 24.3 Å². The van der Waals surface area contributed by atoms with Crippen molar-refractivity contribution in [2.75, 3.05) is 7.11 Å². The Balaban J connectivity index is 2.62. The van der Waals surface area contributed by atoms with Crippen LogP contribution in [0.25, 0.3) is 0 Å². The van der Waals surface area contributed by atoms with Crippen molar-refractivity contribution < 1.29 is 9.84 Å². The highest BCUT2D eigenvalue weighted by Crippen LogP contribution is 2.18. The smallest absolute Gasteiger partial charge is 0.0790 e. The fourth-order valence-corrected chi connectivity index (χ4v) is 1.44. The van der Waals surface area contributed by atoms with Crippen LogP contribution in [-0.2, 0) is 11.3 Å². The minimum Gasteiger partial charge on any atom is -0.388 e. The lowest BCUT2D eigenvalue weighted by Crippen LogP contribution is -1.97. The number of benzene rings is 1. The number of hydrogen-bond acceptors (Lipinski definition) is 2. The van der Waals surface area contributed by atoms with Crippen molar-refractivity contribution in [1.29, 1.82) is 0 Å². The van der Waals surface area contributed by atoms with E-state index in [1.807, 2.05) is 24.3 Å². The molecule has 78 valence electrons. The summed E-state index contributed by atoms with van der Waals surface area (Å²) in [4.78, 5) is 0. The first-order valence-electron chi connectivity index (χ1n) is 5.03. The first kappa shape index (κ1) is 11.2. The molecule has 1 aromatic rings. The van der Waals surface area contributed by atoms with E-state index >= 15 is 0 Å². The zero-order valence-corrected chi connectivity index (χ0v) is 8.86. The standard InChI is InChI=1S/C12H18O2/c1-3-4-12(13)11-7-5-10(6-8-11)9-14-2/h5-8,12-13H,3-4,9H2,1-2H3/t12-/m1/s1. The summed E-state index contributed by atoms with van der Waals surface area (Å²) in [6, 6.07) is 7.93. The number of hydrogen-bond donors (Lipinski definition) is 1. The van der Waals surface area contributed by atoms with Gasteiger partial charge < -0.3 is 9.84 Å². The molecule has 0 amide bonds. The van der Waals surface area contributed by atoms with E-state index in [1.54, 1.807) is 7.11 Å². The molecule has 0 aliphatic rings. The Morgan fingerprint density at radius 1 is 1.29 bits per heavy atom. The molecule has 0 spiro atoms. The molecular weight excluding hydrogens is 176 g/mol. The van der Waals surface area contributed by atoms with Crippen molar-refractivity contribution in [3.05, 3.63) is 35.4 Å². The molecule has 0 radical (unpaired) electrons. The van der Waals surface area contributed by atoms with Gasteiger partial charge in [0.25, 0.3) is 0 Å². The van der Waals surface area contributed by atoms with Crippen LogP contribution in [0, 0.1) is 0 Å². The van der Waals surface area contributed by atoms with Gasteiger partial charge >= 0.3 is 0 Å². The summed E-state index contributed by atoms with van der Waals surface area (Å²) in [5, 5.41) is 9.71. The van der Waals surface area contributed by atoms with Gasteiger partial charge in [0.05, 0.1) is 12.7 Å². The molecule has 0 unspecified atom stereocenters. The van der Waals surface area contributed by atoms with Crippen molar-refractivity contribution in [3.63, 3.8) is 0 Å². The van der Waals surface area contributed by atoms with E-state index in [0.717, 1.165) is 24.0 Å². The van der Waals surface area contributed by atoms with E-state index in [2.05, 4.69) is 6.92 Å². The van der Waals surface area contributed by atoms with E-state index in [1.165, 1.54) is 0 Å². The van der Waals surface area contributed by atoms with Gasteiger partial charge in [-0.15, -0.1) is 0 Å². The first-order chi connectivity index (χ1) is 6.77. The van der Waals surface area contributed by atoms with E-state index in [0.29, 0.717) is 6.61 Å². The molecule has 0 aliphatic heterocycles. The van der Waals surface area contributed by atoms with Gasteiger partial charge in [0.15, 0.2) is 0 Å². The van der Waals surface area contributed by atoms with Gasteiger partial charge in [-0.05, 0) is 17.5 Å². The van der Waals surface area contributed by atoms with E-state index in [4.69, 9.17) is 4.74 Å². The molecule has 1 atom stereocenters. The maximum Gasteiger partial charge on any atom is 0.0790 e. The SMILES string of the molecule is CCC[C@@H](O)c1ccc(COC)cc1. The second-order valence-corrected chi connectivity index (χ2v) is 3.48. The molecule has 0 aliphatic carbocycles. The fourth-order valence-electron chi connectivity index (χ4n) is 1.44. The van der Waals surface area contributed by atoms with E-state index < -0.39 is 0 Å². The summed E-state index contributed by atoms with van der Waals surface area (Å²) in [6.07, 6.45) is 1.50. The van der Waals surface area contributed by atoms with Gasteiger partial charge in [-0.1, -0.05) is 37.6 Å². The molecule has 2 nitrogen and oxygen atoms in total. The van der Waals surface area contributed by atoms with Crippen molar-refractivity contribution in [1.82, 2.24) is 0 Å². The summed E-state index contributed by atoms with van der Waals surface area (Å²) in [5.41, 5.74) is 2.13. The molecule has 0 fully saturated rings. The molecule has 1 aromatic carbocycles. The summed E-state index contributed by atoms with van der Waals surface area (Å²) >= 11 is 0. The predicted molar refractivity (Wildman–Crippen MR) is 57.0 cm³/mol. The summed E-state index contributed by atoms with van der Waals surface area (Å²) < 4.78 is 5.01. The van der Waals surface area contributed by atoms with Crippen LogP contribution >= 0.6 is 0 Å². The minimum absolute atomic E-state index is 0.323. The number of ether oxygens (including phenoxy) is 1. The van der Waals surface area contributed by atoms with Crippen LogP contribution in [0.4, 0.5) is 0 Å². The number of methoxy groups -OCH3 is 1. The second-order valence-electron chi connectivity index (χ2n) is 3.48. The summed E-state index contributed by atoms with van der Waals surface area (Å²) in [6.45, 7) is 2.70. The second kappa shape index (κ2) is 5.78. The molecule has 0 saturated heterocycles. The molecule has 2 heteroatoms. The molecule has 1 rings (SSSR count). The third kappa shape index (κ3) is 3.13. The molecule has 0 aromatic heterocycles. The number of rotatable bonds is 5. The zero-order valence-electron chi connectivity index (χ0n) is 8.86. The minimum atomic E-state index is -0.323. The van der Waals surface area contributed by atoms with Crippen molar-refractivity contribution in [3.8, 4) is 0 Å². The van der Waals surface area contributed by atoms with Crippen molar-refractivity contribution >= 4 is 0 Å². The zero-order chi connectivity index (χ0) is 10.4. The predicted octanol–water partition coefficient (Wildman–Crippen LogP) is 2.67. The first-order valence-corrected chi connectivity index (χ1v) is 5.03. The Labute approximate surface area is 85.5 Å². The Morgan fingerprint density at radius 2 is 1.93 bits per heavy atom. The molecule has 0 bridgehead atoms. The Kier molecular flexibility index (Phi) is 4.63. The third-order valence-electron chi connectivity index (χ3n) is 2.24. The van der Waals surface area contributed by atoms with Crippen LogP contribution in [0.1, 0.15) is 37.0 Å². The van der Waals surface area contributed by atoms with Gasteiger partial charge in [-0.2, -0.15) is 0 Å². The number of aliphatic hydroxyl groups excluding tert-OH is 1. The van der Waals surface area contributed by atoms with Gasteiger partial charge in [0.1, 0.15) is 0 Å². The topological polar surface area (TPSA) is 29.5 Å². The quantitative estimate of drug-likeness (QED) is 0.780. The normalized spacial score (nSPS) is 12.8. The Hall–Kier alpha value is -0.860. The molecule has 0 saturated carbocycles. The van der Waals surface area contributed by atoms with Crippen LogP contribution in [0.5, 0.6) is 0 Å². The van der Waals surface area contributed by atoms with Gasteiger partial charge in [-0.25, -0.2) is 0 Å². The molecular formula is C12H18O2. The van der Waals surface area contributed by atoms with Gasteiger partial charge in [0, 0.05) is 7.11 Å². The average Bonchev–Trinajstić information content (AvgIpc) is 2.20. The Morgan fingerprint density at radius 3 is 2.43 bits per heavy atom. The van der Waals surface area contributed by atoms with Crippen LogP contribution < -0.4 is 0 Å². The third-order valence-corrected chi connectivity index (χ3v) is 2.24. The summed E-state index contributed by atoms with van der Waals surface area (Å²) in [7, 11) is 1.68. The van der Waals surface area contributed by atoms with Crippen LogP contribution in [0.3, 0.4) is 0 Å². The van der Waals surface area contributed by atoms with Crippen LogP contribution in [-0.4, -0.2) is 12.2 Å². The highest BCUT2D eigenvalue weighted by atomic mass is 16.5. The van der Waals surface area contributed by atoms with Gasteiger partial charge in [0.2, 0.25) is 0 Å². The largest absolute Gasteiger partial charge is 0.388 e. The molecule has 14 heavy (non-hydrogen) atoms. The lowest BCUT2D eigenvalue weighted by atomic mass is 10.0. The maximum atomic E-state index is 9.71. The monoisotopic (exact) mass is 194 g/mol. The highest BCUT2D eigenvalue weighted by molar-refractivity contribution is 5.23. The van der Waals surface area contributed by atoms with Crippen LogP contribution in [0.2, 0.25) is 0 Å². The molecule has 1 N–H and O–H groups in total. The Bertz CT molecular complexity index is 254. The molecule has 0 heterocycles. The van der Waals surface area contributed by atoms with Crippen molar-refractivity contribution in [2.24, 2.45) is 0 Å². The lowest BCUT2D eigenvalue weighted by Gasteiger charge is -2.09. The van der Waals surface area contributed by atoms with E-state index in [-0.39, 0.29) is 6.10 Å². The van der Waals surface area contributed by atoms with E-state index in [9.17, 15) is 5.11 Å². The highest BCUT2D eigenvalue weighted by Gasteiger charge is 2.05. The summed E-state index contributed by atoms with van der Waals surface area (Å²) in [5.74, 6) is 0. The number of aliphatic hydroxyl groups is 1. The van der Waals surface area contributed by atoms with Gasteiger partial charge in [-0.3, -0.25) is 0 Å².